The van der Waals surface area contributed by atoms with Crippen molar-refractivity contribution >= 4 is 5.97 Å². The van der Waals surface area contributed by atoms with E-state index in [0.717, 1.165) is 25.8 Å². The van der Waals surface area contributed by atoms with Crippen molar-refractivity contribution in [3.8, 4) is 0 Å². The predicted octanol–water partition coefficient (Wildman–Crippen LogP) is 0.849. The maximum absolute atomic E-state index is 10.7. The van der Waals surface area contributed by atoms with Gasteiger partial charge in [-0.05, 0) is 25.8 Å². The minimum atomic E-state index is -0.649. The van der Waals surface area contributed by atoms with E-state index in [2.05, 4.69) is 5.32 Å². The van der Waals surface area contributed by atoms with E-state index < -0.39 is 5.97 Å². The molecule has 0 amide bonds. The van der Waals surface area contributed by atoms with Crippen molar-refractivity contribution < 1.29 is 9.90 Å². The lowest BCUT2D eigenvalue weighted by Gasteiger charge is -2.28. The molecule has 1 saturated heterocycles. The van der Waals surface area contributed by atoms with Gasteiger partial charge in [0.05, 0.1) is 5.92 Å². The molecule has 2 N–H and O–H groups in total. The molecule has 1 rings (SSSR count). The van der Waals surface area contributed by atoms with Gasteiger partial charge in [0.2, 0.25) is 0 Å². The third-order valence-corrected chi connectivity index (χ3v) is 2.34. The summed E-state index contributed by atoms with van der Waals surface area (Å²) < 4.78 is 0. The number of rotatable bonds is 2. The van der Waals surface area contributed by atoms with Crippen LogP contribution in [0.2, 0.25) is 0 Å². The largest absolute Gasteiger partial charge is 0.481 e. The first-order chi connectivity index (χ1) is 5.25. The van der Waals surface area contributed by atoms with Gasteiger partial charge in [0.25, 0.3) is 0 Å². The summed E-state index contributed by atoms with van der Waals surface area (Å²) in [5, 5.41) is 12.0. The highest BCUT2D eigenvalue weighted by atomic mass is 16.4. The molecule has 3 nitrogen and oxygen atoms in total. The van der Waals surface area contributed by atoms with Crippen LogP contribution in [0.3, 0.4) is 0 Å². The van der Waals surface area contributed by atoms with Crippen LogP contribution >= 0.6 is 0 Å². The van der Waals surface area contributed by atoms with Crippen LogP contribution in [0.25, 0.3) is 0 Å². The topological polar surface area (TPSA) is 49.3 Å². The second-order valence-electron chi connectivity index (χ2n) is 3.06. The molecular formula is C8H15NO2. The van der Waals surface area contributed by atoms with Crippen LogP contribution in [0.5, 0.6) is 0 Å². The van der Waals surface area contributed by atoms with E-state index in [1.54, 1.807) is 0 Å². The zero-order valence-electron chi connectivity index (χ0n) is 6.84. The summed E-state index contributed by atoms with van der Waals surface area (Å²) in [5.74, 6) is -0.808. The molecule has 0 unspecified atom stereocenters. The Morgan fingerprint density at radius 3 is 2.91 bits per heavy atom. The molecule has 0 aromatic carbocycles. The van der Waals surface area contributed by atoms with E-state index >= 15 is 0 Å². The fraction of sp³-hybridized carbons (Fsp3) is 0.875. The lowest BCUT2D eigenvalue weighted by atomic mass is 9.89. The molecule has 1 heterocycles. The van der Waals surface area contributed by atoms with Crippen molar-refractivity contribution in [2.24, 2.45) is 5.92 Å². The van der Waals surface area contributed by atoms with Crippen LogP contribution in [0.4, 0.5) is 0 Å². The van der Waals surface area contributed by atoms with E-state index in [-0.39, 0.29) is 12.0 Å². The second-order valence-corrected chi connectivity index (χ2v) is 3.06. The van der Waals surface area contributed by atoms with Gasteiger partial charge in [0.15, 0.2) is 0 Å². The molecule has 0 aromatic rings. The van der Waals surface area contributed by atoms with Crippen LogP contribution in [-0.4, -0.2) is 23.7 Å². The molecule has 0 bridgehead atoms. The first-order valence-electron chi connectivity index (χ1n) is 4.22. The molecule has 0 radical (unpaired) electrons. The van der Waals surface area contributed by atoms with Gasteiger partial charge in [0.1, 0.15) is 0 Å². The summed E-state index contributed by atoms with van der Waals surface area (Å²) in [5.41, 5.74) is 0. The zero-order chi connectivity index (χ0) is 8.27. The number of piperidine rings is 1. The number of carbonyl (C=O) groups is 1. The molecule has 2 atom stereocenters. The Morgan fingerprint density at radius 2 is 2.45 bits per heavy atom. The molecular weight excluding hydrogens is 142 g/mol. The summed E-state index contributed by atoms with van der Waals surface area (Å²) in [6.45, 7) is 3.00. The average Bonchev–Trinajstić information content (AvgIpc) is 2.04. The highest BCUT2D eigenvalue weighted by Crippen LogP contribution is 2.18. The van der Waals surface area contributed by atoms with Crippen LogP contribution in [0, 0.1) is 5.92 Å². The minimum absolute atomic E-state index is 0.159. The molecule has 1 fully saturated rings. The van der Waals surface area contributed by atoms with Gasteiger partial charge < -0.3 is 10.4 Å². The van der Waals surface area contributed by atoms with Gasteiger partial charge in [-0.1, -0.05) is 6.92 Å². The smallest absolute Gasteiger partial charge is 0.308 e. The lowest BCUT2D eigenvalue weighted by Crippen LogP contribution is -2.44. The van der Waals surface area contributed by atoms with E-state index in [4.69, 9.17) is 5.11 Å². The van der Waals surface area contributed by atoms with Crippen LogP contribution < -0.4 is 5.32 Å². The highest BCUT2D eigenvalue weighted by molar-refractivity contribution is 5.71. The molecule has 64 valence electrons. The normalized spacial score (nSPS) is 31.7. The molecule has 3 heteroatoms. The van der Waals surface area contributed by atoms with E-state index in [9.17, 15) is 4.79 Å². The SMILES string of the molecule is CC[C@H]1NCCC[C@@H]1C(=O)O. The molecule has 11 heavy (non-hydrogen) atoms. The molecule has 1 aliphatic rings. The van der Waals surface area contributed by atoms with Crippen molar-refractivity contribution in [1.82, 2.24) is 5.32 Å². The van der Waals surface area contributed by atoms with Crippen LogP contribution in [0.15, 0.2) is 0 Å². The van der Waals surface area contributed by atoms with Gasteiger partial charge in [-0.2, -0.15) is 0 Å². The first kappa shape index (κ1) is 8.53. The number of nitrogens with one attached hydrogen (secondary N) is 1. The van der Waals surface area contributed by atoms with E-state index in [0.29, 0.717) is 0 Å². The van der Waals surface area contributed by atoms with Crippen molar-refractivity contribution in [2.45, 2.75) is 32.2 Å². The van der Waals surface area contributed by atoms with Crippen molar-refractivity contribution in [3.05, 3.63) is 0 Å². The van der Waals surface area contributed by atoms with Gasteiger partial charge >= 0.3 is 5.97 Å². The Bertz CT molecular complexity index is 147. The number of hydrogen-bond acceptors (Lipinski definition) is 2. The highest BCUT2D eigenvalue weighted by Gasteiger charge is 2.28. The number of carboxylic acids is 1. The Hall–Kier alpha value is -0.570. The van der Waals surface area contributed by atoms with E-state index in [1.807, 2.05) is 6.92 Å². The number of hydrogen-bond donors (Lipinski definition) is 2. The predicted molar refractivity (Wildman–Crippen MR) is 42.4 cm³/mol. The molecule has 0 saturated carbocycles. The van der Waals surface area contributed by atoms with Gasteiger partial charge in [-0.25, -0.2) is 0 Å². The maximum Gasteiger partial charge on any atom is 0.308 e. The van der Waals surface area contributed by atoms with Gasteiger partial charge in [-0.15, -0.1) is 0 Å². The molecule has 0 aliphatic carbocycles. The Labute approximate surface area is 66.8 Å². The first-order valence-corrected chi connectivity index (χ1v) is 4.22. The summed E-state index contributed by atoms with van der Waals surface area (Å²) in [6, 6.07) is 0.196. The fourth-order valence-corrected chi connectivity index (χ4v) is 1.68. The summed E-state index contributed by atoms with van der Waals surface area (Å²) in [6.07, 6.45) is 2.74. The lowest BCUT2D eigenvalue weighted by molar-refractivity contribution is -0.143. The minimum Gasteiger partial charge on any atom is -0.481 e. The summed E-state index contributed by atoms with van der Waals surface area (Å²) >= 11 is 0. The van der Waals surface area contributed by atoms with Gasteiger partial charge in [-0.3, -0.25) is 4.79 Å². The van der Waals surface area contributed by atoms with Crippen molar-refractivity contribution in [3.63, 3.8) is 0 Å². The maximum atomic E-state index is 10.7. The zero-order valence-corrected chi connectivity index (χ0v) is 6.84. The number of aliphatic carboxylic acids is 1. The van der Waals surface area contributed by atoms with Crippen LogP contribution in [-0.2, 0) is 4.79 Å². The molecule has 0 aromatic heterocycles. The third kappa shape index (κ3) is 1.93. The molecule has 1 aliphatic heterocycles. The summed E-state index contributed by atoms with van der Waals surface area (Å²) in [4.78, 5) is 10.7. The Balaban J connectivity index is 2.51. The quantitative estimate of drug-likeness (QED) is 0.624. The second kappa shape index (κ2) is 3.72. The summed E-state index contributed by atoms with van der Waals surface area (Å²) in [7, 11) is 0. The third-order valence-electron chi connectivity index (χ3n) is 2.34. The fourth-order valence-electron chi connectivity index (χ4n) is 1.68. The Morgan fingerprint density at radius 1 is 1.73 bits per heavy atom. The molecule has 0 spiro atoms. The van der Waals surface area contributed by atoms with Gasteiger partial charge in [0, 0.05) is 6.04 Å². The Kier molecular flexibility index (Phi) is 2.88. The van der Waals surface area contributed by atoms with Crippen molar-refractivity contribution in [2.75, 3.05) is 6.54 Å². The standard InChI is InChI=1S/C8H15NO2/c1-2-7-6(8(10)11)4-3-5-9-7/h6-7,9H,2-5H2,1H3,(H,10,11)/t6-,7+/m0/s1. The van der Waals surface area contributed by atoms with Crippen molar-refractivity contribution in [1.29, 1.82) is 0 Å². The monoisotopic (exact) mass is 157 g/mol. The van der Waals surface area contributed by atoms with Crippen LogP contribution in [0.1, 0.15) is 26.2 Å². The average molecular weight is 157 g/mol. The van der Waals surface area contributed by atoms with E-state index in [1.165, 1.54) is 0 Å². The number of carboxylic acid groups (broad SMARTS) is 1.